The van der Waals surface area contributed by atoms with Crippen molar-refractivity contribution in [3.05, 3.63) is 0 Å². The quantitative estimate of drug-likeness (QED) is 0.634. The van der Waals surface area contributed by atoms with Crippen molar-refractivity contribution in [1.29, 1.82) is 0 Å². The molecule has 0 bridgehead atoms. The highest BCUT2D eigenvalue weighted by molar-refractivity contribution is 4.86. The third-order valence-electron chi connectivity index (χ3n) is 3.38. The van der Waals surface area contributed by atoms with E-state index in [1.807, 2.05) is 0 Å². The molecule has 2 N–H and O–H groups in total. The lowest BCUT2D eigenvalue weighted by Crippen LogP contribution is -2.42. The maximum Gasteiger partial charge on any atom is 0.0558 e. The minimum absolute atomic E-state index is 0.256. The van der Waals surface area contributed by atoms with Crippen molar-refractivity contribution in [3.63, 3.8) is 0 Å². The second kappa shape index (κ2) is 5.83. The van der Waals surface area contributed by atoms with Crippen LogP contribution in [-0.2, 0) is 0 Å². The van der Waals surface area contributed by atoms with Gasteiger partial charge in [0.25, 0.3) is 0 Å². The Hall–Kier alpha value is -0.120. The van der Waals surface area contributed by atoms with Gasteiger partial charge < -0.3 is 15.3 Å². The topological polar surface area (TPSA) is 35.5 Å². The van der Waals surface area contributed by atoms with Gasteiger partial charge in [0.2, 0.25) is 0 Å². The van der Waals surface area contributed by atoms with E-state index in [4.69, 9.17) is 5.11 Å². The Kier molecular flexibility index (Phi) is 5.03. The Morgan fingerprint density at radius 2 is 2.13 bits per heavy atom. The third-order valence-corrected chi connectivity index (χ3v) is 3.38. The Labute approximate surface area is 93.9 Å². The number of aliphatic hydroxyl groups is 1. The van der Waals surface area contributed by atoms with E-state index in [2.05, 4.69) is 31.1 Å². The molecule has 0 spiro atoms. The number of aliphatic hydroxyl groups excluding tert-OH is 1. The lowest BCUT2D eigenvalue weighted by atomic mass is 9.87. The minimum atomic E-state index is 0.256. The monoisotopic (exact) mass is 214 g/mol. The van der Waals surface area contributed by atoms with Crippen LogP contribution in [0.25, 0.3) is 0 Å². The predicted octanol–water partition coefficient (Wildman–Crippen LogP) is 1.08. The normalized spacial score (nSPS) is 20.6. The molecule has 15 heavy (non-hydrogen) atoms. The van der Waals surface area contributed by atoms with Crippen LogP contribution in [0.5, 0.6) is 0 Å². The van der Waals surface area contributed by atoms with Crippen LogP contribution >= 0.6 is 0 Å². The summed E-state index contributed by atoms with van der Waals surface area (Å²) in [7, 11) is 2.08. The highest BCUT2D eigenvalue weighted by atomic mass is 16.3. The van der Waals surface area contributed by atoms with Gasteiger partial charge in [0.1, 0.15) is 0 Å². The molecule has 0 aromatic heterocycles. The van der Waals surface area contributed by atoms with Gasteiger partial charge >= 0.3 is 0 Å². The predicted molar refractivity (Wildman–Crippen MR) is 64.0 cm³/mol. The maximum atomic E-state index is 8.88. The van der Waals surface area contributed by atoms with E-state index >= 15 is 0 Å². The van der Waals surface area contributed by atoms with Gasteiger partial charge in [-0.25, -0.2) is 0 Å². The summed E-state index contributed by atoms with van der Waals surface area (Å²) < 4.78 is 0. The average molecular weight is 214 g/mol. The average Bonchev–Trinajstić information content (AvgIpc) is 2.99. The lowest BCUT2D eigenvalue weighted by Gasteiger charge is -2.33. The largest absolute Gasteiger partial charge is 0.395 e. The van der Waals surface area contributed by atoms with Crippen molar-refractivity contribution in [2.45, 2.75) is 39.2 Å². The third kappa shape index (κ3) is 4.96. The van der Waals surface area contributed by atoms with Crippen LogP contribution < -0.4 is 5.32 Å². The van der Waals surface area contributed by atoms with Crippen LogP contribution in [0.4, 0.5) is 0 Å². The van der Waals surface area contributed by atoms with Gasteiger partial charge in [-0.05, 0) is 31.7 Å². The molecule has 1 unspecified atom stereocenters. The Morgan fingerprint density at radius 1 is 1.47 bits per heavy atom. The van der Waals surface area contributed by atoms with Crippen LogP contribution in [0.3, 0.4) is 0 Å². The SMILES string of the molecule is CCC(C)(CNC1CC1)CN(C)CCO. The summed E-state index contributed by atoms with van der Waals surface area (Å²) >= 11 is 0. The highest BCUT2D eigenvalue weighted by Gasteiger charge is 2.28. The molecule has 0 amide bonds. The van der Waals surface area contributed by atoms with E-state index in [-0.39, 0.29) is 6.61 Å². The first-order valence-corrected chi connectivity index (χ1v) is 6.12. The molecule has 1 atom stereocenters. The van der Waals surface area contributed by atoms with Gasteiger partial charge in [-0.3, -0.25) is 0 Å². The molecule has 1 aliphatic rings. The van der Waals surface area contributed by atoms with Crippen LogP contribution in [0.15, 0.2) is 0 Å². The molecule has 0 aromatic rings. The summed E-state index contributed by atoms with van der Waals surface area (Å²) in [5.74, 6) is 0. The molecule has 3 nitrogen and oxygen atoms in total. The summed E-state index contributed by atoms with van der Waals surface area (Å²) in [6.07, 6.45) is 3.89. The molecule has 0 saturated heterocycles. The van der Waals surface area contributed by atoms with E-state index < -0.39 is 0 Å². The first kappa shape index (κ1) is 12.9. The van der Waals surface area contributed by atoms with Crippen molar-refractivity contribution in [2.24, 2.45) is 5.41 Å². The fourth-order valence-electron chi connectivity index (χ4n) is 1.87. The van der Waals surface area contributed by atoms with Crippen LogP contribution in [0.1, 0.15) is 33.1 Å². The Morgan fingerprint density at radius 3 is 2.60 bits per heavy atom. The molecular formula is C12H26N2O. The Balaban J connectivity index is 2.28. The summed E-state index contributed by atoms with van der Waals surface area (Å²) in [4.78, 5) is 2.22. The summed E-state index contributed by atoms with van der Waals surface area (Å²) in [6, 6.07) is 0.791. The van der Waals surface area contributed by atoms with Crippen LogP contribution in [0.2, 0.25) is 0 Å². The van der Waals surface area contributed by atoms with Gasteiger partial charge in [-0.2, -0.15) is 0 Å². The number of hydrogen-bond donors (Lipinski definition) is 2. The molecular weight excluding hydrogens is 188 g/mol. The molecule has 1 saturated carbocycles. The lowest BCUT2D eigenvalue weighted by molar-refractivity contribution is 0.151. The molecule has 1 rings (SSSR count). The van der Waals surface area contributed by atoms with E-state index in [1.54, 1.807) is 0 Å². The summed E-state index contributed by atoms with van der Waals surface area (Å²) in [5.41, 5.74) is 0.340. The zero-order valence-electron chi connectivity index (χ0n) is 10.4. The first-order valence-electron chi connectivity index (χ1n) is 6.12. The van der Waals surface area contributed by atoms with Crippen LogP contribution in [0, 0.1) is 5.41 Å². The second-order valence-corrected chi connectivity index (χ2v) is 5.28. The fraction of sp³-hybridized carbons (Fsp3) is 1.00. The standard InChI is InChI=1S/C12H26N2O/c1-4-12(2,9-13-11-5-6-11)10-14(3)7-8-15/h11,13,15H,4-10H2,1-3H3. The van der Waals surface area contributed by atoms with Gasteiger partial charge in [0.05, 0.1) is 6.61 Å². The van der Waals surface area contributed by atoms with E-state index in [0.29, 0.717) is 5.41 Å². The molecule has 0 radical (unpaired) electrons. The van der Waals surface area contributed by atoms with E-state index in [9.17, 15) is 0 Å². The number of nitrogens with zero attached hydrogens (tertiary/aromatic N) is 1. The van der Waals surface area contributed by atoms with E-state index in [1.165, 1.54) is 19.3 Å². The van der Waals surface area contributed by atoms with Crippen molar-refractivity contribution in [1.82, 2.24) is 10.2 Å². The smallest absolute Gasteiger partial charge is 0.0558 e. The number of nitrogens with one attached hydrogen (secondary N) is 1. The van der Waals surface area contributed by atoms with Crippen molar-refractivity contribution < 1.29 is 5.11 Å². The van der Waals surface area contributed by atoms with Gasteiger partial charge in [-0.1, -0.05) is 13.8 Å². The van der Waals surface area contributed by atoms with Crippen molar-refractivity contribution in [3.8, 4) is 0 Å². The molecule has 90 valence electrons. The van der Waals surface area contributed by atoms with Crippen molar-refractivity contribution in [2.75, 3.05) is 33.3 Å². The molecule has 3 heteroatoms. The van der Waals surface area contributed by atoms with Gasteiger partial charge in [0, 0.05) is 25.7 Å². The summed E-state index contributed by atoms with van der Waals surface area (Å²) in [5, 5.41) is 12.5. The zero-order valence-corrected chi connectivity index (χ0v) is 10.4. The first-order chi connectivity index (χ1) is 7.09. The number of likely N-dealkylation sites (N-methyl/N-ethyl adjacent to an activating group) is 1. The molecule has 0 aromatic carbocycles. The maximum absolute atomic E-state index is 8.88. The second-order valence-electron chi connectivity index (χ2n) is 5.28. The van der Waals surface area contributed by atoms with Gasteiger partial charge in [0.15, 0.2) is 0 Å². The Bertz CT molecular complexity index is 182. The summed E-state index contributed by atoms with van der Waals surface area (Å²) in [6.45, 7) is 7.77. The molecule has 0 aliphatic heterocycles. The van der Waals surface area contributed by atoms with Gasteiger partial charge in [-0.15, -0.1) is 0 Å². The fourth-order valence-corrected chi connectivity index (χ4v) is 1.87. The number of hydrogen-bond acceptors (Lipinski definition) is 3. The highest BCUT2D eigenvalue weighted by Crippen LogP contribution is 2.25. The molecule has 0 heterocycles. The molecule has 1 fully saturated rings. The zero-order chi connectivity index (χ0) is 11.3. The number of rotatable bonds is 8. The van der Waals surface area contributed by atoms with Crippen LogP contribution in [-0.4, -0.2) is 49.3 Å². The van der Waals surface area contributed by atoms with Crippen molar-refractivity contribution >= 4 is 0 Å². The minimum Gasteiger partial charge on any atom is -0.395 e. The van der Waals surface area contributed by atoms with E-state index in [0.717, 1.165) is 25.7 Å². The molecule has 1 aliphatic carbocycles.